The SMILES string of the molecule is C=CCCC(NC(=O)OCC1c2ccccc2-c2ccccc21)C(=O)OCC(C)NC(=O)C(CC=C)CC(=O)N1CCCC1CO. The van der Waals surface area contributed by atoms with Gasteiger partial charge in [-0.15, -0.1) is 13.2 Å². The number of nitrogens with zero attached hydrogens (tertiary/aromatic N) is 1. The quantitative estimate of drug-likeness (QED) is 0.184. The van der Waals surface area contributed by atoms with Crippen LogP contribution in [0.15, 0.2) is 73.8 Å². The van der Waals surface area contributed by atoms with E-state index in [4.69, 9.17) is 9.47 Å². The first-order valence-electron chi connectivity index (χ1n) is 16.0. The fourth-order valence-corrected chi connectivity index (χ4v) is 6.19. The molecule has 0 saturated carbocycles. The Kier molecular flexibility index (Phi) is 12.5. The van der Waals surface area contributed by atoms with Crippen LogP contribution in [-0.4, -0.2) is 78.4 Å². The first kappa shape index (κ1) is 34.4. The van der Waals surface area contributed by atoms with Crippen LogP contribution >= 0.6 is 0 Å². The maximum absolute atomic E-state index is 13.0. The summed E-state index contributed by atoms with van der Waals surface area (Å²) in [5.41, 5.74) is 4.40. The van der Waals surface area contributed by atoms with Crippen molar-refractivity contribution in [1.29, 1.82) is 0 Å². The monoisotopic (exact) mass is 631 g/mol. The number of amides is 3. The third-order valence-electron chi connectivity index (χ3n) is 8.60. The van der Waals surface area contributed by atoms with Crippen LogP contribution in [-0.2, 0) is 23.9 Å². The van der Waals surface area contributed by atoms with E-state index in [2.05, 4.69) is 35.9 Å². The summed E-state index contributed by atoms with van der Waals surface area (Å²) in [6, 6.07) is 14.3. The average Bonchev–Trinajstić information content (AvgIpc) is 3.67. The van der Waals surface area contributed by atoms with E-state index in [1.165, 1.54) is 0 Å². The summed E-state index contributed by atoms with van der Waals surface area (Å²) in [6.07, 6.45) is 5.10. The second kappa shape index (κ2) is 16.7. The number of carbonyl (C=O) groups excluding carboxylic acids is 4. The standard InChI is InChI=1S/C36H45N3O7/c1-4-6-18-32(38-36(44)46-23-31-29-16-9-7-14-27(29)28-15-8-10-17-30(28)31)35(43)45-22-24(3)37-34(42)25(12-5-2)20-33(41)39-19-11-13-26(39)21-40/h4-5,7-10,14-17,24-26,31-32,40H,1-2,6,11-13,18-23H2,3H3,(H,37,42)(H,38,44). The third-order valence-corrected chi connectivity index (χ3v) is 8.60. The average molecular weight is 632 g/mol. The Morgan fingerprint density at radius 2 is 1.67 bits per heavy atom. The zero-order valence-electron chi connectivity index (χ0n) is 26.5. The van der Waals surface area contributed by atoms with Gasteiger partial charge in [0.15, 0.2) is 0 Å². The number of esters is 1. The highest BCUT2D eigenvalue weighted by molar-refractivity contribution is 5.86. The van der Waals surface area contributed by atoms with Crippen LogP contribution < -0.4 is 10.6 Å². The summed E-state index contributed by atoms with van der Waals surface area (Å²) in [7, 11) is 0. The van der Waals surface area contributed by atoms with Crippen molar-refractivity contribution in [2.75, 3.05) is 26.4 Å². The fraction of sp³-hybridized carbons (Fsp3) is 0.444. The normalized spacial score (nSPS) is 17.2. The highest BCUT2D eigenvalue weighted by Gasteiger charge is 2.32. The fourth-order valence-electron chi connectivity index (χ4n) is 6.19. The number of aliphatic hydroxyl groups is 1. The number of alkyl carbamates (subject to hydrolysis) is 1. The molecule has 10 nitrogen and oxygen atoms in total. The van der Waals surface area contributed by atoms with Gasteiger partial charge in [0.2, 0.25) is 11.8 Å². The van der Waals surface area contributed by atoms with Gasteiger partial charge in [-0.2, -0.15) is 0 Å². The maximum atomic E-state index is 13.0. The number of aliphatic hydroxyl groups excluding tert-OH is 1. The molecule has 2 aromatic carbocycles. The van der Waals surface area contributed by atoms with E-state index in [-0.39, 0.29) is 56.4 Å². The number of ether oxygens (including phenoxy) is 2. The minimum Gasteiger partial charge on any atom is -0.462 e. The smallest absolute Gasteiger partial charge is 0.407 e. The molecule has 0 radical (unpaired) electrons. The molecule has 2 aromatic rings. The van der Waals surface area contributed by atoms with Gasteiger partial charge >= 0.3 is 12.1 Å². The van der Waals surface area contributed by atoms with Crippen LogP contribution in [0.2, 0.25) is 0 Å². The van der Waals surface area contributed by atoms with Crippen LogP contribution in [0, 0.1) is 5.92 Å². The molecular weight excluding hydrogens is 586 g/mol. The number of nitrogens with one attached hydrogen (secondary N) is 2. The minimum absolute atomic E-state index is 0.00541. The summed E-state index contributed by atoms with van der Waals surface area (Å²) >= 11 is 0. The first-order chi connectivity index (χ1) is 22.3. The van der Waals surface area contributed by atoms with E-state index in [0.29, 0.717) is 19.4 Å². The van der Waals surface area contributed by atoms with E-state index in [9.17, 15) is 24.3 Å². The number of fused-ring (bicyclic) bond motifs is 3. The molecule has 246 valence electrons. The Hall–Kier alpha value is -4.44. The largest absolute Gasteiger partial charge is 0.462 e. The van der Waals surface area contributed by atoms with Gasteiger partial charge in [-0.25, -0.2) is 9.59 Å². The molecule has 1 aliphatic heterocycles. The molecule has 3 amide bonds. The van der Waals surface area contributed by atoms with Gasteiger partial charge in [0.1, 0.15) is 19.3 Å². The van der Waals surface area contributed by atoms with Crippen LogP contribution in [0.4, 0.5) is 4.79 Å². The van der Waals surface area contributed by atoms with Crippen molar-refractivity contribution < 1.29 is 33.8 Å². The zero-order chi connectivity index (χ0) is 33.1. The van der Waals surface area contributed by atoms with Crippen molar-refractivity contribution in [3.8, 4) is 11.1 Å². The molecule has 4 atom stereocenters. The summed E-state index contributed by atoms with van der Waals surface area (Å²) in [6.45, 7) is 9.56. The maximum Gasteiger partial charge on any atom is 0.407 e. The second-order valence-corrected chi connectivity index (χ2v) is 11.9. The number of benzene rings is 2. The predicted octanol–water partition coefficient (Wildman–Crippen LogP) is 4.47. The summed E-state index contributed by atoms with van der Waals surface area (Å²) in [5, 5.41) is 15.0. The number of likely N-dealkylation sites (tertiary alicyclic amines) is 1. The van der Waals surface area contributed by atoms with E-state index in [1.807, 2.05) is 36.4 Å². The molecule has 1 heterocycles. The molecule has 2 aliphatic rings. The summed E-state index contributed by atoms with van der Waals surface area (Å²) in [5.74, 6) is -1.94. The molecule has 3 N–H and O–H groups in total. The minimum atomic E-state index is -0.970. The number of rotatable bonds is 16. The van der Waals surface area contributed by atoms with Gasteiger partial charge in [-0.1, -0.05) is 60.7 Å². The highest BCUT2D eigenvalue weighted by atomic mass is 16.6. The lowest BCUT2D eigenvalue weighted by molar-refractivity contribution is -0.147. The molecule has 4 rings (SSSR count). The number of hydrogen-bond donors (Lipinski definition) is 3. The van der Waals surface area contributed by atoms with Crippen molar-refractivity contribution in [3.63, 3.8) is 0 Å². The molecule has 0 aromatic heterocycles. The van der Waals surface area contributed by atoms with Crippen LogP contribution in [0.25, 0.3) is 11.1 Å². The highest BCUT2D eigenvalue weighted by Crippen LogP contribution is 2.44. The molecule has 0 bridgehead atoms. The topological polar surface area (TPSA) is 134 Å². The Morgan fingerprint density at radius 1 is 1.00 bits per heavy atom. The second-order valence-electron chi connectivity index (χ2n) is 11.9. The number of allylic oxidation sites excluding steroid dienone is 2. The van der Waals surface area contributed by atoms with E-state index in [0.717, 1.165) is 35.1 Å². The molecule has 1 saturated heterocycles. The van der Waals surface area contributed by atoms with Gasteiger partial charge < -0.3 is 30.1 Å². The Balaban J connectivity index is 1.28. The van der Waals surface area contributed by atoms with Crippen molar-refractivity contribution >= 4 is 23.9 Å². The third kappa shape index (κ3) is 8.63. The van der Waals surface area contributed by atoms with Crippen molar-refractivity contribution in [1.82, 2.24) is 15.5 Å². The van der Waals surface area contributed by atoms with Crippen molar-refractivity contribution in [2.45, 2.75) is 69.5 Å². The molecule has 1 fully saturated rings. The molecule has 10 heteroatoms. The Bertz CT molecular complexity index is 1360. The van der Waals surface area contributed by atoms with E-state index in [1.54, 1.807) is 24.0 Å². The van der Waals surface area contributed by atoms with Gasteiger partial charge in [0.05, 0.1) is 24.6 Å². The summed E-state index contributed by atoms with van der Waals surface area (Å²) < 4.78 is 11.1. The zero-order valence-corrected chi connectivity index (χ0v) is 26.5. The van der Waals surface area contributed by atoms with Crippen molar-refractivity contribution in [3.05, 3.63) is 85.0 Å². The molecule has 1 aliphatic carbocycles. The van der Waals surface area contributed by atoms with Gasteiger partial charge in [0.25, 0.3) is 0 Å². The van der Waals surface area contributed by atoms with Gasteiger partial charge in [0, 0.05) is 18.9 Å². The lowest BCUT2D eigenvalue weighted by Gasteiger charge is -2.26. The number of carbonyl (C=O) groups is 4. The summed E-state index contributed by atoms with van der Waals surface area (Å²) in [4.78, 5) is 53.4. The molecular formula is C36H45N3O7. The van der Waals surface area contributed by atoms with Gasteiger partial charge in [-0.05, 0) is 61.3 Å². The van der Waals surface area contributed by atoms with Crippen LogP contribution in [0.3, 0.4) is 0 Å². The van der Waals surface area contributed by atoms with Gasteiger partial charge in [-0.3, -0.25) is 9.59 Å². The molecule has 46 heavy (non-hydrogen) atoms. The lowest BCUT2D eigenvalue weighted by atomic mass is 9.98. The predicted molar refractivity (Wildman–Crippen MR) is 175 cm³/mol. The molecule has 4 unspecified atom stereocenters. The molecule has 0 spiro atoms. The Morgan fingerprint density at radius 3 is 2.30 bits per heavy atom. The van der Waals surface area contributed by atoms with E-state index < -0.39 is 30.1 Å². The van der Waals surface area contributed by atoms with Crippen LogP contribution in [0.1, 0.15) is 62.5 Å². The lowest BCUT2D eigenvalue weighted by Crippen LogP contribution is -2.45. The van der Waals surface area contributed by atoms with E-state index >= 15 is 0 Å². The van der Waals surface area contributed by atoms with Crippen molar-refractivity contribution in [2.24, 2.45) is 5.92 Å². The Labute approximate surface area is 270 Å². The number of hydrogen-bond acceptors (Lipinski definition) is 7. The first-order valence-corrected chi connectivity index (χ1v) is 16.0. The van der Waals surface area contributed by atoms with Crippen LogP contribution in [0.5, 0.6) is 0 Å².